The molecule has 1 atom stereocenters. The molecule has 7 nitrogen and oxygen atoms in total. The Morgan fingerprint density at radius 1 is 1.48 bits per heavy atom. The number of nitro groups is 1. The molecule has 114 valence electrons. The van der Waals surface area contributed by atoms with E-state index in [1.165, 1.54) is 0 Å². The molecule has 2 N–H and O–H groups in total. The first-order valence-corrected chi connectivity index (χ1v) is 6.31. The lowest BCUT2D eigenvalue weighted by Crippen LogP contribution is -2.36. The lowest BCUT2D eigenvalue weighted by molar-refractivity contribution is -0.387. The van der Waals surface area contributed by atoms with Crippen LogP contribution in [0.25, 0.3) is 0 Å². The topological polar surface area (TPSA) is 110 Å². The van der Waals surface area contributed by atoms with Crippen LogP contribution in [0.5, 0.6) is 0 Å². The number of hydrogen-bond donors (Lipinski definition) is 2. The smallest absolute Gasteiger partial charge is 0.305 e. The van der Waals surface area contributed by atoms with Gasteiger partial charge >= 0.3 is 11.7 Å². The summed E-state index contributed by atoms with van der Waals surface area (Å²) in [6.07, 6.45) is 0.898. The third-order valence-corrected chi connectivity index (χ3v) is 2.80. The van der Waals surface area contributed by atoms with Gasteiger partial charge in [0.15, 0.2) is 0 Å². The molecule has 1 aromatic rings. The predicted molar refractivity (Wildman–Crippen MR) is 71.5 cm³/mol. The number of nitrogens with zero attached hydrogens (tertiary/aromatic N) is 1. The zero-order valence-corrected chi connectivity index (χ0v) is 11.3. The number of carboxylic acids is 1. The molecule has 0 fully saturated rings. The third-order valence-electron chi connectivity index (χ3n) is 2.80. The Morgan fingerprint density at radius 2 is 2.14 bits per heavy atom. The van der Waals surface area contributed by atoms with Crippen molar-refractivity contribution in [1.29, 1.82) is 0 Å². The molecule has 0 radical (unpaired) electrons. The fraction of sp³-hybridized carbons (Fsp3) is 0.385. The number of aliphatic carboxylic acids is 1. The van der Waals surface area contributed by atoms with E-state index in [0.717, 1.165) is 18.2 Å². The van der Waals surface area contributed by atoms with Crippen molar-refractivity contribution in [2.75, 3.05) is 0 Å². The van der Waals surface area contributed by atoms with Crippen LogP contribution in [0.2, 0.25) is 0 Å². The van der Waals surface area contributed by atoms with Gasteiger partial charge in [-0.05, 0) is 18.6 Å². The highest BCUT2D eigenvalue weighted by atomic mass is 19.1. The van der Waals surface area contributed by atoms with E-state index in [-0.39, 0.29) is 12.0 Å². The molecular weight excluding hydrogens is 283 g/mol. The SMILES string of the molecule is CCCC(CC(=O)O)NC(=O)c1ccc([N+](=O)[O-])c(F)c1. The minimum Gasteiger partial charge on any atom is -0.481 e. The number of carboxylic acid groups (broad SMARTS) is 1. The highest BCUT2D eigenvalue weighted by molar-refractivity contribution is 5.94. The highest BCUT2D eigenvalue weighted by Gasteiger charge is 2.19. The molecule has 0 saturated heterocycles. The van der Waals surface area contributed by atoms with Crippen LogP contribution in [0, 0.1) is 15.9 Å². The standard InChI is InChI=1S/C13H15FN2O5/c1-2-3-9(7-12(17)18)15-13(19)8-4-5-11(16(20)21)10(14)6-8/h4-6,9H,2-3,7H2,1H3,(H,15,19)(H,17,18). The zero-order chi connectivity index (χ0) is 16.0. The highest BCUT2D eigenvalue weighted by Crippen LogP contribution is 2.18. The minimum atomic E-state index is -1.11. The van der Waals surface area contributed by atoms with Crippen molar-refractivity contribution in [3.63, 3.8) is 0 Å². The molecule has 1 unspecified atom stereocenters. The molecule has 0 saturated carbocycles. The van der Waals surface area contributed by atoms with Crippen molar-refractivity contribution in [3.05, 3.63) is 39.7 Å². The Hall–Kier alpha value is -2.51. The summed E-state index contributed by atoms with van der Waals surface area (Å²) >= 11 is 0. The first-order chi connectivity index (χ1) is 9.85. The largest absolute Gasteiger partial charge is 0.481 e. The van der Waals surface area contributed by atoms with Gasteiger partial charge in [-0.15, -0.1) is 0 Å². The molecule has 1 aromatic carbocycles. The summed E-state index contributed by atoms with van der Waals surface area (Å²) in [7, 11) is 0. The summed E-state index contributed by atoms with van der Waals surface area (Å²) in [5.74, 6) is -2.83. The maximum Gasteiger partial charge on any atom is 0.305 e. The monoisotopic (exact) mass is 298 g/mol. The second-order valence-corrected chi connectivity index (χ2v) is 4.48. The second-order valence-electron chi connectivity index (χ2n) is 4.48. The number of rotatable bonds is 7. The Labute approximate surface area is 119 Å². The molecule has 1 rings (SSSR count). The Kier molecular flexibility index (Phi) is 5.77. The predicted octanol–water partition coefficient (Wildman–Crippen LogP) is 2.11. The Bertz CT molecular complexity index is 561. The first-order valence-electron chi connectivity index (χ1n) is 6.31. The number of benzene rings is 1. The van der Waals surface area contributed by atoms with Crippen LogP contribution < -0.4 is 5.32 Å². The van der Waals surface area contributed by atoms with E-state index in [1.54, 1.807) is 0 Å². The molecule has 0 bridgehead atoms. The lowest BCUT2D eigenvalue weighted by atomic mass is 10.1. The number of halogens is 1. The second kappa shape index (κ2) is 7.32. The van der Waals surface area contributed by atoms with Crippen LogP contribution in [0.15, 0.2) is 18.2 Å². The van der Waals surface area contributed by atoms with E-state index in [1.807, 2.05) is 6.92 Å². The van der Waals surface area contributed by atoms with E-state index < -0.39 is 34.3 Å². The van der Waals surface area contributed by atoms with Crippen molar-refractivity contribution >= 4 is 17.6 Å². The summed E-state index contributed by atoms with van der Waals surface area (Å²) < 4.78 is 13.4. The average molecular weight is 298 g/mol. The van der Waals surface area contributed by atoms with Crippen LogP contribution in [0.4, 0.5) is 10.1 Å². The Balaban J connectivity index is 2.85. The lowest BCUT2D eigenvalue weighted by Gasteiger charge is -2.16. The van der Waals surface area contributed by atoms with Crippen molar-refractivity contribution in [3.8, 4) is 0 Å². The van der Waals surface area contributed by atoms with Gasteiger partial charge in [0.2, 0.25) is 5.82 Å². The molecule has 1 amide bonds. The number of carbonyl (C=O) groups excluding carboxylic acids is 1. The fourth-order valence-electron chi connectivity index (χ4n) is 1.85. The van der Waals surface area contributed by atoms with Gasteiger partial charge in [-0.1, -0.05) is 13.3 Å². The van der Waals surface area contributed by atoms with Gasteiger partial charge < -0.3 is 10.4 Å². The summed E-state index contributed by atoms with van der Waals surface area (Å²) in [6, 6.07) is 2.21. The fourth-order valence-corrected chi connectivity index (χ4v) is 1.85. The van der Waals surface area contributed by atoms with E-state index in [2.05, 4.69) is 5.32 Å². The summed E-state index contributed by atoms with van der Waals surface area (Å²) in [4.78, 5) is 32.2. The number of carbonyl (C=O) groups is 2. The molecule has 8 heteroatoms. The average Bonchev–Trinajstić information content (AvgIpc) is 2.37. The summed E-state index contributed by atoms with van der Waals surface area (Å²) in [5, 5.41) is 21.7. The van der Waals surface area contributed by atoms with Crippen LogP contribution >= 0.6 is 0 Å². The maximum absolute atomic E-state index is 13.4. The van der Waals surface area contributed by atoms with Gasteiger partial charge in [-0.25, -0.2) is 0 Å². The molecule has 21 heavy (non-hydrogen) atoms. The van der Waals surface area contributed by atoms with Gasteiger partial charge in [0.25, 0.3) is 5.91 Å². The molecule has 0 aromatic heterocycles. The van der Waals surface area contributed by atoms with Crippen LogP contribution in [0.1, 0.15) is 36.5 Å². The van der Waals surface area contributed by atoms with Gasteiger partial charge in [0.1, 0.15) is 0 Å². The van der Waals surface area contributed by atoms with Crippen LogP contribution in [-0.2, 0) is 4.79 Å². The molecule has 0 aliphatic carbocycles. The Morgan fingerprint density at radius 3 is 2.62 bits per heavy atom. The first kappa shape index (κ1) is 16.5. The van der Waals surface area contributed by atoms with E-state index in [9.17, 15) is 24.1 Å². The van der Waals surface area contributed by atoms with Gasteiger partial charge in [-0.2, -0.15) is 4.39 Å². The van der Waals surface area contributed by atoms with E-state index in [4.69, 9.17) is 5.11 Å². The normalized spacial score (nSPS) is 11.7. The minimum absolute atomic E-state index is 0.0930. The zero-order valence-electron chi connectivity index (χ0n) is 11.3. The molecule has 0 heterocycles. The third kappa shape index (κ3) is 4.83. The van der Waals surface area contributed by atoms with Crippen molar-refractivity contribution in [2.45, 2.75) is 32.2 Å². The maximum atomic E-state index is 13.4. The summed E-state index contributed by atoms with van der Waals surface area (Å²) in [5.41, 5.74) is -0.813. The van der Waals surface area contributed by atoms with Crippen LogP contribution in [-0.4, -0.2) is 27.9 Å². The number of hydrogen-bond acceptors (Lipinski definition) is 4. The van der Waals surface area contributed by atoms with E-state index in [0.29, 0.717) is 12.8 Å². The van der Waals surface area contributed by atoms with E-state index >= 15 is 0 Å². The van der Waals surface area contributed by atoms with Gasteiger partial charge in [0, 0.05) is 17.7 Å². The summed E-state index contributed by atoms with van der Waals surface area (Å²) in [6.45, 7) is 1.84. The van der Waals surface area contributed by atoms with Gasteiger partial charge in [0.05, 0.1) is 11.3 Å². The number of nitro benzene ring substituents is 1. The molecule has 0 spiro atoms. The quantitative estimate of drug-likeness (QED) is 0.591. The van der Waals surface area contributed by atoms with Crippen molar-refractivity contribution in [1.82, 2.24) is 5.32 Å². The number of nitrogens with one attached hydrogen (secondary N) is 1. The van der Waals surface area contributed by atoms with Gasteiger partial charge in [-0.3, -0.25) is 19.7 Å². The van der Waals surface area contributed by atoms with Crippen molar-refractivity contribution in [2.24, 2.45) is 0 Å². The van der Waals surface area contributed by atoms with Crippen LogP contribution in [0.3, 0.4) is 0 Å². The molecular formula is C13H15FN2O5. The molecule has 0 aliphatic rings. The number of amides is 1. The molecule has 0 aliphatic heterocycles. The van der Waals surface area contributed by atoms with Crippen molar-refractivity contribution < 1.29 is 24.0 Å².